The van der Waals surface area contributed by atoms with Crippen LogP contribution in [0.4, 0.5) is 5.69 Å². The Hall–Kier alpha value is -1.46. The van der Waals surface area contributed by atoms with E-state index < -0.39 is 0 Å². The van der Waals surface area contributed by atoms with E-state index in [1.54, 1.807) is 30.3 Å². The number of ketones is 1. The van der Waals surface area contributed by atoms with E-state index in [1.165, 1.54) is 18.3 Å². The lowest BCUT2D eigenvalue weighted by atomic mass is 10.1. The number of hydrogen-bond acceptors (Lipinski definition) is 3. The SMILES string of the molecule is CC(=O)c1cccc(NC(=O)c2cc(Br)cs2)c1. The van der Waals surface area contributed by atoms with Gasteiger partial charge in [-0.05, 0) is 41.1 Å². The Kier molecular flexibility index (Phi) is 3.93. The van der Waals surface area contributed by atoms with Gasteiger partial charge in [-0.25, -0.2) is 0 Å². The molecule has 5 heteroatoms. The molecule has 2 aromatic rings. The van der Waals surface area contributed by atoms with Gasteiger partial charge < -0.3 is 5.32 Å². The average Bonchev–Trinajstić information content (AvgIpc) is 2.76. The quantitative estimate of drug-likeness (QED) is 0.869. The lowest BCUT2D eigenvalue weighted by Gasteiger charge is -2.04. The predicted octanol–water partition coefficient (Wildman–Crippen LogP) is 3.97. The van der Waals surface area contributed by atoms with Gasteiger partial charge in [0.15, 0.2) is 5.78 Å². The van der Waals surface area contributed by atoms with Crippen LogP contribution >= 0.6 is 27.3 Å². The lowest BCUT2D eigenvalue weighted by Crippen LogP contribution is -2.10. The summed E-state index contributed by atoms with van der Waals surface area (Å²) in [5.41, 5.74) is 1.21. The zero-order chi connectivity index (χ0) is 13.1. The molecule has 18 heavy (non-hydrogen) atoms. The smallest absolute Gasteiger partial charge is 0.265 e. The van der Waals surface area contributed by atoms with Crippen molar-refractivity contribution < 1.29 is 9.59 Å². The second-order valence-electron chi connectivity index (χ2n) is 3.72. The van der Waals surface area contributed by atoms with Crippen molar-refractivity contribution in [1.29, 1.82) is 0 Å². The fourth-order valence-electron chi connectivity index (χ4n) is 1.44. The van der Waals surface area contributed by atoms with Crippen LogP contribution in [-0.4, -0.2) is 11.7 Å². The van der Waals surface area contributed by atoms with E-state index in [0.29, 0.717) is 16.1 Å². The Morgan fingerprint density at radius 1 is 1.28 bits per heavy atom. The van der Waals surface area contributed by atoms with Crippen LogP contribution in [-0.2, 0) is 0 Å². The molecule has 0 fully saturated rings. The molecule has 1 N–H and O–H groups in total. The number of amides is 1. The van der Waals surface area contributed by atoms with Crippen LogP contribution in [0.5, 0.6) is 0 Å². The average molecular weight is 324 g/mol. The third-order valence-electron chi connectivity index (χ3n) is 2.32. The van der Waals surface area contributed by atoms with E-state index in [0.717, 1.165) is 4.47 Å². The summed E-state index contributed by atoms with van der Waals surface area (Å²) < 4.78 is 0.884. The van der Waals surface area contributed by atoms with Crippen LogP contribution in [0, 0.1) is 0 Å². The van der Waals surface area contributed by atoms with Crippen molar-refractivity contribution in [2.75, 3.05) is 5.32 Å². The van der Waals surface area contributed by atoms with E-state index >= 15 is 0 Å². The van der Waals surface area contributed by atoms with Gasteiger partial charge in [0.1, 0.15) is 0 Å². The van der Waals surface area contributed by atoms with E-state index in [2.05, 4.69) is 21.2 Å². The molecule has 0 aliphatic heterocycles. The first-order valence-electron chi connectivity index (χ1n) is 5.22. The molecule has 0 saturated heterocycles. The first-order chi connectivity index (χ1) is 8.56. The summed E-state index contributed by atoms with van der Waals surface area (Å²) in [5, 5.41) is 4.61. The normalized spacial score (nSPS) is 10.1. The molecule has 0 bridgehead atoms. The molecule has 1 heterocycles. The summed E-state index contributed by atoms with van der Waals surface area (Å²) >= 11 is 4.66. The largest absolute Gasteiger partial charge is 0.321 e. The monoisotopic (exact) mass is 323 g/mol. The molecule has 3 nitrogen and oxygen atoms in total. The van der Waals surface area contributed by atoms with Crippen LogP contribution in [0.1, 0.15) is 27.0 Å². The zero-order valence-electron chi connectivity index (χ0n) is 9.57. The highest BCUT2D eigenvalue weighted by molar-refractivity contribution is 9.10. The Morgan fingerprint density at radius 3 is 2.67 bits per heavy atom. The van der Waals surface area contributed by atoms with Gasteiger partial charge in [0.25, 0.3) is 5.91 Å². The number of carbonyl (C=O) groups excluding carboxylic acids is 2. The molecule has 0 radical (unpaired) electrons. The van der Waals surface area contributed by atoms with Gasteiger partial charge in [0.05, 0.1) is 4.88 Å². The number of benzene rings is 1. The third-order valence-corrected chi connectivity index (χ3v) is 4.01. The number of thiophene rings is 1. The second-order valence-corrected chi connectivity index (χ2v) is 5.55. The number of hydrogen-bond donors (Lipinski definition) is 1. The highest BCUT2D eigenvalue weighted by Crippen LogP contribution is 2.21. The highest BCUT2D eigenvalue weighted by Gasteiger charge is 2.09. The Bertz CT molecular complexity index is 607. The first-order valence-corrected chi connectivity index (χ1v) is 6.90. The maximum absolute atomic E-state index is 11.9. The fraction of sp³-hybridized carbons (Fsp3) is 0.0769. The fourth-order valence-corrected chi connectivity index (χ4v) is 2.76. The molecule has 0 unspecified atom stereocenters. The summed E-state index contributed by atoms with van der Waals surface area (Å²) in [4.78, 5) is 23.8. The second kappa shape index (κ2) is 5.46. The van der Waals surface area contributed by atoms with Gasteiger partial charge >= 0.3 is 0 Å². The topological polar surface area (TPSA) is 46.2 Å². The highest BCUT2D eigenvalue weighted by atomic mass is 79.9. The van der Waals surface area contributed by atoms with Crippen LogP contribution in [0.25, 0.3) is 0 Å². The van der Waals surface area contributed by atoms with Crippen molar-refractivity contribution in [1.82, 2.24) is 0 Å². The van der Waals surface area contributed by atoms with Crippen LogP contribution in [0.2, 0.25) is 0 Å². The maximum Gasteiger partial charge on any atom is 0.265 e. The Morgan fingerprint density at radius 2 is 2.06 bits per heavy atom. The number of Topliss-reactive ketones (excluding diaryl/α,β-unsaturated/α-hetero) is 1. The molecule has 1 amide bonds. The minimum absolute atomic E-state index is 0.0232. The molecule has 1 aromatic carbocycles. The van der Waals surface area contributed by atoms with E-state index in [4.69, 9.17) is 0 Å². The number of carbonyl (C=O) groups is 2. The Balaban J connectivity index is 2.16. The van der Waals surface area contributed by atoms with Crippen LogP contribution < -0.4 is 5.32 Å². The van der Waals surface area contributed by atoms with Crippen molar-refractivity contribution in [2.24, 2.45) is 0 Å². The molecule has 0 saturated carbocycles. The molecule has 0 atom stereocenters. The molecule has 0 aliphatic rings. The predicted molar refractivity (Wildman–Crippen MR) is 76.4 cm³/mol. The van der Waals surface area contributed by atoms with E-state index in [-0.39, 0.29) is 11.7 Å². The molecule has 92 valence electrons. The maximum atomic E-state index is 11.9. The molecule has 0 spiro atoms. The number of rotatable bonds is 3. The van der Waals surface area contributed by atoms with Crippen molar-refractivity contribution in [3.8, 4) is 0 Å². The zero-order valence-corrected chi connectivity index (χ0v) is 12.0. The molecular formula is C13H10BrNO2S. The van der Waals surface area contributed by atoms with Gasteiger partial charge in [-0.15, -0.1) is 11.3 Å². The lowest BCUT2D eigenvalue weighted by molar-refractivity contribution is 0.101. The van der Waals surface area contributed by atoms with E-state index in [1.807, 2.05) is 5.38 Å². The van der Waals surface area contributed by atoms with Crippen LogP contribution in [0.3, 0.4) is 0 Å². The first kappa shape index (κ1) is 13.0. The number of anilines is 1. The Labute approximate surface area is 117 Å². The van der Waals surface area contributed by atoms with E-state index in [9.17, 15) is 9.59 Å². The van der Waals surface area contributed by atoms with Gasteiger partial charge in [0, 0.05) is 21.1 Å². The van der Waals surface area contributed by atoms with Gasteiger partial charge in [0.2, 0.25) is 0 Å². The van der Waals surface area contributed by atoms with Crippen molar-refractivity contribution >= 4 is 44.6 Å². The summed E-state index contributed by atoms with van der Waals surface area (Å²) in [6.45, 7) is 1.50. The molecular weight excluding hydrogens is 314 g/mol. The van der Waals surface area contributed by atoms with Gasteiger partial charge in [-0.1, -0.05) is 12.1 Å². The van der Waals surface area contributed by atoms with Crippen molar-refractivity contribution in [3.05, 3.63) is 50.6 Å². The third kappa shape index (κ3) is 3.05. The van der Waals surface area contributed by atoms with Gasteiger partial charge in [-0.2, -0.15) is 0 Å². The molecule has 2 rings (SSSR count). The summed E-state index contributed by atoms with van der Waals surface area (Å²) in [6, 6.07) is 8.65. The number of nitrogens with one attached hydrogen (secondary N) is 1. The number of halogens is 1. The summed E-state index contributed by atoms with van der Waals surface area (Å²) in [6.07, 6.45) is 0. The van der Waals surface area contributed by atoms with Crippen molar-refractivity contribution in [2.45, 2.75) is 6.92 Å². The minimum Gasteiger partial charge on any atom is -0.321 e. The molecule has 1 aromatic heterocycles. The summed E-state index contributed by atoms with van der Waals surface area (Å²) in [5.74, 6) is -0.198. The summed E-state index contributed by atoms with van der Waals surface area (Å²) in [7, 11) is 0. The minimum atomic E-state index is -0.175. The van der Waals surface area contributed by atoms with Crippen molar-refractivity contribution in [3.63, 3.8) is 0 Å². The van der Waals surface area contributed by atoms with Gasteiger partial charge in [-0.3, -0.25) is 9.59 Å². The molecule has 0 aliphatic carbocycles. The van der Waals surface area contributed by atoms with Crippen LogP contribution in [0.15, 0.2) is 40.2 Å². The standard InChI is InChI=1S/C13H10BrNO2S/c1-8(16)9-3-2-4-11(5-9)15-13(17)12-6-10(14)7-18-12/h2-7H,1H3,(H,15,17).